The summed E-state index contributed by atoms with van der Waals surface area (Å²) in [6.45, 7) is 9.77. The second-order valence-corrected chi connectivity index (χ2v) is 7.22. The molecule has 0 atom stereocenters. The van der Waals surface area contributed by atoms with E-state index in [0.717, 1.165) is 16.9 Å². The Labute approximate surface area is 149 Å². The first-order chi connectivity index (χ1) is 11.7. The molecule has 1 amide bonds. The number of Topliss-reactive ketones (excluding diaryl/α,β-unsaturated/α-hetero) is 1. The second kappa shape index (κ2) is 7.51. The fourth-order valence-corrected chi connectivity index (χ4v) is 2.50. The molecule has 0 bridgehead atoms. The van der Waals surface area contributed by atoms with Crippen molar-refractivity contribution in [2.75, 3.05) is 11.9 Å². The third kappa shape index (κ3) is 5.18. The lowest BCUT2D eigenvalue weighted by molar-refractivity contribution is -0.118. The van der Waals surface area contributed by atoms with Gasteiger partial charge in [0, 0.05) is 11.3 Å². The number of amides is 1. The molecule has 0 heterocycles. The van der Waals surface area contributed by atoms with Gasteiger partial charge in [-0.25, -0.2) is 0 Å². The van der Waals surface area contributed by atoms with Gasteiger partial charge < -0.3 is 10.1 Å². The van der Waals surface area contributed by atoms with Crippen LogP contribution in [0.1, 0.15) is 49.2 Å². The Morgan fingerprint density at radius 2 is 1.68 bits per heavy atom. The molecule has 0 aliphatic carbocycles. The molecule has 0 unspecified atom stereocenters. The molecule has 132 valence electrons. The van der Waals surface area contributed by atoms with E-state index in [9.17, 15) is 9.59 Å². The summed E-state index contributed by atoms with van der Waals surface area (Å²) < 4.78 is 5.77. The monoisotopic (exact) mass is 339 g/mol. The Bertz CT molecular complexity index is 771. The zero-order chi connectivity index (χ0) is 18.6. The van der Waals surface area contributed by atoms with Crippen LogP contribution in [0.4, 0.5) is 5.69 Å². The highest BCUT2D eigenvalue weighted by atomic mass is 16.5. The van der Waals surface area contributed by atoms with E-state index in [1.165, 1.54) is 6.92 Å². The van der Waals surface area contributed by atoms with Crippen LogP contribution in [0, 0.1) is 6.92 Å². The molecule has 2 aromatic rings. The number of rotatable bonds is 5. The van der Waals surface area contributed by atoms with E-state index in [-0.39, 0.29) is 23.7 Å². The Kier molecular flexibility index (Phi) is 5.62. The van der Waals surface area contributed by atoms with Gasteiger partial charge in [-0.15, -0.1) is 0 Å². The first-order valence-electron chi connectivity index (χ1n) is 8.31. The zero-order valence-corrected chi connectivity index (χ0v) is 15.5. The Hall–Kier alpha value is -2.62. The number of benzene rings is 2. The molecule has 0 radical (unpaired) electrons. The van der Waals surface area contributed by atoms with Gasteiger partial charge in [-0.3, -0.25) is 9.59 Å². The molecule has 0 saturated carbocycles. The van der Waals surface area contributed by atoms with Crippen LogP contribution >= 0.6 is 0 Å². The summed E-state index contributed by atoms with van der Waals surface area (Å²) in [7, 11) is 0. The van der Waals surface area contributed by atoms with Crippen molar-refractivity contribution in [1.82, 2.24) is 0 Å². The molecular weight excluding hydrogens is 314 g/mol. The van der Waals surface area contributed by atoms with Gasteiger partial charge in [-0.05, 0) is 60.7 Å². The van der Waals surface area contributed by atoms with Crippen molar-refractivity contribution in [3.8, 4) is 5.75 Å². The van der Waals surface area contributed by atoms with E-state index >= 15 is 0 Å². The average molecular weight is 339 g/mol. The van der Waals surface area contributed by atoms with Crippen LogP contribution < -0.4 is 10.1 Å². The molecule has 0 aromatic heterocycles. The molecule has 0 aliphatic rings. The van der Waals surface area contributed by atoms with Gasteiger partial charge in [0.05, 0.1) is 0 Å². The molecular formula is C21H25NO3. The minimum atomic E-state index is -0.239. The quantitative estimate of drug-likeness (QED) is 0.815. The molecule has 2 rings (SSSR count). The van der Waals surface area contributed by atoms with Crippen molar-refractivity contribution >= 4 is 17.4 Å². The van der Waals surface area contributed by atoms with E-state index in [2.05, 4.69) is 26.1 Å². The lowest BCUT2D eigenvalue weighted by atomic mass is 9.86. The van der Waals surface area contributed by atoms with E-state index in [1.54, 1.807) is 24.3 Å². The van der Waals surface area contributed by atoms with Crippen LogP contribution in [0.5, 0.6) is 5.75 Å². The maximum atomic E-state index is 12.1. The number of ether oxygens (including phenoxy) is 1. The maximum absolute atomic E-state index is 12.1. The van der Waals surface area contributed by atoms with Gasteiger partial charge in [-0.1, -0.05) is 32.9 Å². The summed E-state index contributed by atoms with van der Waals surface area (Å²) in [5, 5.41) is 2.78. The first kappa shape index (κ1) is 18.7. The van der Waals surface area contributed by atoms with Gasteiger partial charge in [0.1, 0.15) is 5.75 Å². The molecule has 0 spiro atoms. The lowest BCUT2D eigenvalue weighted by Crippen LogP contribution is -2.22. The molecule has 4 nitrogen and oxygen atoms in total. The highest BCUT2D eigenvalue weighted by Gasteiger charge is 2.19. The number of carbonyl (C=O) groups excluding carboxylic acids is 2. The summed E-state index contributed by atoms with van der Waals surface area (Å²) in [5.41, 5.74) is 3.34. The topological polar surface area (TPSA) is 55.4 Å². The van der Waals surface area contributed by atoms with Gasteiger partial charge in [0.2, 0.25) is 0 Å². The first-order valence-corrected chi connectivity index (χ1v) is 8.31. The van der Waals surface area contributed by atoms with Crippen LogP contribution in [0.15, 0.2) is 42.5 Å². The van der Waals surface area contributed by atoms with Crippen molar-refractivity contribution < 1.29 is 14.3 Å². The minimum Gasteiger partial charge on any atom is -0.483 e. The number of anilines is 1. The molecule has 0 fully saturated rings. The lowest BCUT2D eigenvalue weighted by Gasteiger charge is -2.23. The van der Waals surface area contributed by atoms with Crippen molar-refractivity contribution in [1.29, 1.82) is 0 Å². The summed E-state index contributed by atoms with van der Waals surface area (Å²) in [6, 6.07) is 12.8. The van der Waals surface area contributed by atoms with Crippen molar-refractivity contribution in [3.05, 3.63) is 59.2 Å². The van der Waals surface area contributed by atoms with Crippen molar-refractivity contribution in [2.45, 2.75) is 40.0 Å². The normalized spacial score (nSPS) is 11.1. The molecule has 0 saturated heterocycles. The average Bonchev–Trinajstić information content (AvgIpc) is 2.52. The Morgan fingerprint density at radius 3 is 2.24 bits per heavy atom. The Morgan fingerprint density at radius 1 is 1.04 bits per heavy atom. The van der Waals surface area contributed by atoms with Crippen LogP contribution in [-0.4, -0.2) is 18.3 Å². The van der Waals surface area contributed by atoms with Crippen molar-refractivity contribution in [2.24, 2.45) is 0 Å². The minimum absolute atomic E-state index is 0.00429. The standard InChI is InChI=1S/C21H25NO3/c1-14-6-11-18(21(3,4)5)19(12-14)25-13-20(24)22-17-9-7-16(8-10-17)15(2)23/h6-12H,13H2,1-5H3,(H,22,24). The van der Waals surface area contributed by atoms with Crippen LogP contribution in [-0.2, 0) is 10.2 Å². The summed E-state index contributed by atoms with van der Waals surface area (Å²) >= 11 is 0. The smallest absolute Gasteiger partial charge is 0.262 e. The number of aryl methyl sites for hydroxylation is 1. The Balaban J connectivity index is 2.03. The van der Waals surface area contributed by atoms with E-state index in [4.69, 9.17) is 4.74 Å². The summed E-state index contributed by atoms with van der Waals surface area (Å²) in [4.78, 5) is 23.4. The SMILES string of the molecule is CC(=O)c1ccc(NC(=O)COc2cc(C)ccc2C(C)(C)C)cc1. The highest BCUT2D eigenvalue weighted by Crippen LogP contribution is 2.32. The van der Waals surface area contributed by atoms with Crippen LogP contribution in [0.3, 0.4) is 0 Å². The summed E-state index contributed by atoms with van der Waals surface area (Å²) in [6.07, 6.45) is 0. The predicted molar refractivity (Wildman–Crippen MR) is 100 cm³/mol. The number of nitrogens with one attached hydrogen (secondary N) is 1. The second-order valence-electron chi connectivity index (χ2n) is 7.22. The van der Waals surface area contributed by atoms with Crippen molar-refractivity contribution in [3.63, 3.8) is 0 Å². The number of hydrogen-bond donors (Lipinski definition) is 1. The number of hydrogen-bond acceptors (Lipinski definition) is 3. The fraction of sp³-hybridized carbons (Fsp3) is 0.333. The molecule has 0 aliphatic heterocycles. The fourth-order valence-electron chi connectivity index (χ4n) is 2.50. The number of carbonyl (C=O) groups is 2. The number of ketones is 1. The van der Waals surface area contributed by atoms with Gasteiger partial charge in [0.25, 0.3) is 5.91 Å². The van der Waals surface area contributed by atoms with Crippen LogP contribution in [0.25, 0.3) is 0 Å². The largest absolute Gasteiger partial charge is 0.483 e. The molecule has 4 heteroatoms. The molecule has 1 N–H and O–H groups in total. The van der Waals surface area contributed by atoms with Gasteiger partial charge >= 0.3 is 0 Å². The molecule has 25 heavy (non-hydrogen) atoms. The zero-order valence-electron chi connectivity index (χ0n) is 15.5. The predicted octanol–water partition coefficient (Wildman–Crippen LogP) is 4.51. The third-order valence-corrected chi connectivity index (χ3v) is 3.88. The van der Waals surface area contributed by atoms with E-state index < -0.39 is 0 Å². The molecule has 2 aromatic carbocycles. The van der Waals surface area contributed by atoms with E-state index in [1.807, 2.05) is 25.1 Å². The maximum Gasteiger partial charge on any atom is 0.262 e. The van der Waals surface area contributed by atoms with E-state index in [0.29, 0.717) is 11.3 Å². The van der Waals surface area contributed by atoms with Crippen LogP contribution in [0.2, 0.25) is 0 Å². The highest BCUT2D eigenvalue weighted by molar-refractivity contribution is 5.95. The van der Waals surface area contributed by atoms with Gasteiger partial charge in [0.15, 0.2) is 12.4 Å². The third-order valence-electron chi connectivity index (χ3n) is 3.88. The summed E-state index contributed by atoms with van der Waals surface area (Å²) in [5.74, 6) is 0.488. The van der Waals surface area contributed by atoms with Gasteiger partial charge in [-0.2, -0.15) is 0 Å².